The van der Waals surface area contributed by atoms with E-state index in [1.54, 1.807) is 6.92 Å². The van der Waals surface area contributed by atoms with Crippen molar-refractivity contribution in [2.24, 2.45) is 0 Å². The number of rotatable bonds is 2. The molecule has 0 radical (unpaired) electrons. The molecule has 7 heteroatoms. The number of amides is 1. The largest absolute Gasteiger partial charge is 0.480 e. The minimum absolute atomic E-state index is 0.000556. The fraction of sp³-hybridized carbons (Fsp3) is 0.333. The minimum Gasteiger partial charge on any atom is -0.480 e. The summed E-state index contributed by atoms with van der Waals surface area (Å²) in [5.74, 6) is -1.99. The van der Waals surface area contributed by atoms with Crippen LogP contribution in [0.25, 0.3) is 0 Å². The minimum atomic E-state index is -1.07. The van der Waals surface area contributed by atoms with Gasteiger partial charge >= 0.3 is 5.97 Å². The Hall–Kier alpha value is -1.76. The quantitative estimate of drug-likeness (QED) is 0.802. The van der Waals surface area contributed by atoms with Crippen molar-refractivity contribution in [2.75, 3.05) is 11.5 Å². The van der Waals surface area contributed by atoms with E-state index < -0.39 is 23.7 Å². The number of hydrogen-bond acceptors (Lipinski definition) is 4. The van der Waals surface area contributed by atoms with Crippen LogP contribution in [-0.4, -0.2) is 39.1 Å². The molecule has 0 spiro atoms. The highest BCUT2D eigenvalue weighted by atomic mass is 32.2. The fourth-order valence-corrected chi connectivity index (χ4v) is 3.17. The van der Waals surface area contributed by atoms with Crippen LogP contribution >= 0.6 is 11.8 Å². The van der Waals surface area contributed by atoms with E-state index in [1.165, 1.54) is 28.8 Å². The number of carboxylic acids is 1. The van der Waals surface area contributed by atoms with Crippen molar-refractivity contribution in [2.45, 2.75) is 18.3 Å². The van der Waals surface area contributed by atoms with Crippen molar-refractivity contribution >= 4 is 29.3 Å². The van der Waals surface area contributed by atoms with Gasteiger partial charge in [-0.15, -0.1) is 11.8 Å². The zero-order valence-corrected chi connectivity index (χ0v) is 11.0. The van der Waals surface area contributed by atoms with Crippen LogP contribution < -0.4 is 5.73 Å². The number of anilines is 1. The average molecular weight is 284 g/mol. The van der Waals surface area contributed by atoms with Gasteiger partial charge in [-0.05, 0) is 19.1 Å². The molecule has 0 bridgehead atoms. The van der Waals surface area contributed by atoms with Gasteiger partial charge in [0.2, 0.25) is 0 Å². The first-order valence-corrected chi connectivity index (χ1v) is 6.69. The van der Waals surface area contributed by atoms with Crippen LogP contribution in [0.15, 0.2) is 18.2 Å². The molecule has 2 unspecified atom stereocenters. The van der Waals surface area contributed by atoms with Crippen molar-refractivity contribution in [3.05, 3.63) is 29.6 Å². The van der Waals surface area contributed by atoms with Crippen molar-refractivity contribution in [3.8, 4) is 0 Å². The van der Waals surface area contributed by atoms with E-state index in [1.807, 2.05) is 0 Å². The van der Waals surface area contributed by atoms with Crippen LogP contribution in [0.3, 0.4) is 0 Å². The van der Waals surface area contributed by atoms with Gasteiger partial charge in [-0.1, -0.05) is 6.07 Å². The van der Waals surface area contributed by atoms with Crippen LogP contribution in [0.2, 0.25) is 0 Å². The number of thioether (sulfide) groups is 1. The molecule has 1 aromatic carbocycles. The third kappa shape index (κ3) is 2.37. The van der Waals surface area contributed by atoms with Gasteiger partial charge in [0.25, 0.3) is 5.91 Å². The van der Waals surface area contributed by atoms with Gasteiger partial charge in [0.15, 0.2) is 0 Å². The standard InChI is InChI=1S/C12H13FN2O3S/c1-6-15(9(5-19-6)12(17)18)11(16)7-3-2-4-8(13)10(7)14/h2-4,6,9H,5,14H2,1H3,(H,17,18). The Labute approximate surface area is 113 Å². The number of nitrogens with two attached hydrogens (primary N) is 1. The first-order valence-electron chi connectivity index (χ1n) is 5.64. The molecule has 2 rings (SSSR count). The number of nitrogen functional groups attached to an aromatic ring is 1. The molecule has 1 heterocycles. The molecule has 0 saturated carbocycles. The third-order valence-electron chi connectivity index (χ3n) is 3.03. The first-order chi connectivity index (χ1) is 8.93. The summed E-state index contributed by atoms with van der Waals surface area (Å²) >= 11 is 1.36. The Morgan fingerprint density at radius 1 is 1.53 bits per heavy atom. The number of carbonyl (C=O) groups excluding carboxylic acids is 1. The van der Waals surface area contributed by atoms with E-state index in [0.717, 1.165) is 6.07 Å². The predicted octanol–water partition coefficient (Wildman–Crippen LogP) is 1.40. The Kier molecular flexibility index (Phi) is 3.66. The van der Waals surface area contributed by atoms with Gasteiger partial charge in [0.1, 0.15) is 11.9 Å². The Morgan fingerprint density at radius 2 is 2.21 bits per heavy atom. The Bertz CT molecular complexity index is 538. The van der Waals surface area contributed by atoms with Crippen molar-refractivity contribution in [3.63, 3.8) is 0 Å². The molecule has 2 atom stereocenters. The fourth-order valence-electron chi connectivity index (χ4n) is 2.00. The molecular weight excluding hydrogens is 271 g/mol. The number of halogens is 1. The lowest BCUT2D eigenvalue weighted by molar-refractivity contribution is -0.141. The number of aliphatic carboxylic acids is 1. The molecule has 5 nitrogen and oxygen atoms in total. The number of hydrogen-bond donors (Lipinski definition) is 2. The van der Waals surface area contributed by atoms with E-state index in [4.69, 9.17) is 10.8 Å². The maximum atomic E-state index is 13.4. The van der Waals surface area contributed by atoms with Crippen molar-refractivity contribution < 1.29 is 19.1 Å². The number of benzene rings is 1. The maximum Gasteiger partial charge on any atom is 0.327 e. The summed E-state index contributed by atoms with van der Waals surface area (Å²) in [5.41, 5.74) is 5.29. The summed E-state index contributed by atoms with van der Waals surface area (Å²) in [5, 5.41) is 8.83. The van der Waals surface area contributed by atoms with Gasteiger partial charge in [-0.3, -0.25) is 4.79 Å². The zero-order valence-electron chi connectivity index (χ0n) is 10.2. The van der Waals surface area contributed by atoms with E-state index in [-0.39, 0.29) is 16.6 Å². The molecule has 1 fully saturated rings. The van der Waals surface area contributed by atoms with Gasteiger partial charge in [0, 0.05) is 5.75 Å². The first kappa shape index (κ1) is 13.7. The molecule has 1 amide bonds. The second-order valence-electron chi connectivity index (χ2n) is 4.20. The summed E-state index contributed by atoms with van der Waals surface area (Å²) in [6.45, 7) is 1.74. The van der Waals surface area contributed by atoms with Crippen LogP contribution in [-0.2, 0) is 4.79 Å². The highest BCUT2D eigenvalue weighted by molar-refractivity contribution is 8.00. The summed E-state index contributed by atoms with van der Waals surface area (Å²) in [6.07, 6.45) is 0. The normalized spacial score (nSPS) is 22.5. The van der Waals surface area contributed by atoms with Crippen LogP contribution in [0.1, 0.15) is 17.3 Å². The Morgan fingerprint density at radius 3 is 2.84 bits per heavy atom. The van der Waals surface area contributed by atoms with Gasteiger partial charge in [0.05, 0.1) is 16.6 Å². The summed E-state index contributed by atoms with van der Waals surface area (Å²) in [7, 11) is 0. The second-order valence-corrected chi connectivity index (χ2v) is 5.55. The predicted molar refractivity (Wildman–Crippen MR) is 70.3 cm³/mol. The average Bonchev–Trinajstić information content (AvgIpc) is 2.74. The molecule has 3 N–H and O–H groups in total. The van der Waals surface area contributed by atoms with Gasteiger partial charge in [-0.25, -0.2) is 9.18 Å². The van der Waals surface area contributed by atoms with E-state index in [2.05, 4.69) is 0 Å². The molecule has 102 valence electrons. The van der Waals surface area contributed by atoms with Crippen molar-refractivity contribution in [1.82, 2.24) is 4.90 Å². The summed E-state index contributed by atoms with van der Waals surface area (Å²) in [6, 6.07) is 3.02. The van der Waals surface area contributed by atoms with Crippen molar-refractivity contribution in [1.29, 1.82) is 0 Å². The highest BCUT2D eigenvalue weighted by Crippen LogP contribution is 2.31. The lowest BCUT2D eigenvalue weighted by Crippen LogP contribution is -2.45. The lowest BCUT2D eigenvalue weighted by Gasteiger charge is -2.25. The number of carbonyl (C=O) groups is 2. The van der Waals surface area contributed by atoms with Gasteiger partial charge < -0.3 is 15.7 Å². The molecular formula is C12H13FN2O3S. The molecule has 1 aliphatic rings. The maximum absolute atomic E-state index is 13.4. The lowest BCUT2D eigenvalue weighted by atomic mass is 10.1. The number of carboxylic acid groups (broad SMARTS) is 1. The van der Waals surface area contributed by atoms with E-state index >= 15 is 0 Å². The van der Waals surface area contributed by atoms with E-state index in [9.17, 15) is 14.0 Å². The monoisotopic (exact) mass is 284 g/mol. The third-order valence-corrected chi connectivity index (χ3v) is 4.24. The Balaban J connectivity index is 2.37. The molecule has 0 aliphatic carbocycles. The van der Waals surface area contributed by atoms with Gasteiger partial charge in [-0.2, -0.15) is 0 Å². The van der Waals surface area contributed by atoms with Crippen LogP contribution in [0.5, 0.6) is 0 Å². The zero-order chi connectivity index (χ0) is 14.2. The highest BCUT2D eigenvalue weighted by Gasteiger charge is 2.40. The SMILES string of the molecule is CC1SCC(C(=O)O)N1C(=O)c1cccc(F)c1N. The summed E-state index contributed by atoms with van der Waals surface area (Å²) in [4.78, 5) is 24.7. The summed E-state index contributed by atoms with van der Waals surface area (Å²) < 4.78 is 13.4. The molecule has 1 aliphatic heterocycles. The number of para-hydroxylation sites is 1. The number of nitrogens with zero attached hydrogens (tertiary/aromatic N) is 1. The van der Waals surface area contributed by atoms with Crippen LogP contribution in [0, 0.1) is 5.82 Å². The molecule has 1 aromatic rings. The molecule has 0 aromatic heterocycles. The van der Waals surface area contributed by atoms with E-state index in [0.29, 0.717) is 5.75 Å². The van der Waals surface area contributed by atoms with Crippen LogP contribution in [0.4, 0.5) is 10.1 Å². The second kappa shape index (κ2) is 5.08. The molecule has 19 heavy (non-hydrogen) atoms. The smallest absolute Gasteiger partial charge is 0.327 e. The topological polar surface area (TPSA) is 83.6 Å². The molecule has 1 saturated heterocycles.